The summed E-state index contributed by atoms with van der Waals surface area (Å²) in [5, 5.41) is 5.90. The van der Waals surface area contributed by atoms with E-state index in [0.717, 1.165) is 19.5 Å². The zero-order valence-corrected chi connectivity index (χ0v) is 4.05. The molecule has 1 aliphatic rings. The normalized spacial score (nSPS) is 30.6. The SMILES string of the molecule is O=N[C@@H]1CCNC1. The summed E-state index contributed by atoms with van der Waals surface area (Å²) in [5.41, 5.74) is 0. The largest absolute Gasteiger partial charge is 0.314 e. The lowest BCUT2D eigenvalue weighted by Crippen LogP contribution is -2.10. The first-order valence-corrected chi connectivity index (χ1v) is 2.46. The summed E-state index contributed by atoms with van der Waals surface area (Å²) >= 11 is 0. The molecular formula is C4H8N2O. The van der Waals surface area contributed by atoms with Gasteiger partial charge in [0.05, 0.1) is 0 Å². The third-order valence-corrected chi connectivity index (χ3v) is 1.18. The number of hydrogen-bond acceptors (Lipinski definition) is 3. The van der Waals surface area contributed by atoms with Gasteiger partial charge in [0.25, 0.3) is 0 Å². The van der Waals surface area contributed by atoms with Crippen molar-refractivity contribution in [2.24, 2.45) is 5.18 Å². The third-order valence-electron chi connectivity index (χ3n) is 1.18. The first kappa shape index (κ1) is 4.71. The number of nitrogens with zero attached hydrogens (tertiary/aromatic N) is 1. The van der Waals surface area contributed by atoms with E-state index in [1.54, 1.807) is 0 Å². The van der Waals surface area contributed by atoms with E-state index < -0.39 is 0 Å². The van der Waals surface area contributed by atoms with Crippen molar-refractivity contribution in [3.8, 4) is 0 Å². The summed E-state index contributed by atoms with van der Waals surface area (Å²) in [6.45, 7) is 1.74. The fourth-order valence-corrected chi connectivity index (χ4v) is 0.729. The Morgan fingerprint density at radius 3 is 2.86 bits per heavy atom. The maximum atomic E-state index is 9.72. The Morgan fingerprint density at radius 2 is 2.57 bits per heavy atom. The Labute approximate surface area is 42.1 Å². The molecule has 0 unspecified atom stereocenters. The van der Waals surface area contributed by atoms with Crippen LogP contribution in [0.2, 0.25) is 0 Å². The molecule has 1 heterocycles. The maximum absolute atomic E-state index is 9.72. The predicted octanol–water partition coefficient (Wildman–Crippen LogP) is 0.115. The van der Waals surface area contributed by atoms with Gasteiger partial charge < -0.3 is 5.32 Å². The van der Waals surface area contributed by atoms with Crippen molar-refractivity contribution in [3.63, 3.8) is 0 Å². The molecule has 1 atom stereocenters. The van der Waals surface area contributed by atoms with Gasteiger partial charge in [0.2, 0.25) is 0 Å². The van der Waals surface area contributed by atoms with Gasteiger partial charge in [-0.1, -0.05) is 5.18 Å². The van der Waals surface area contributed by atoms with Crippen LogP contribution in [0.3, 0.4) is 0 Å². The second kappa shape index (κ2) is 2.02. The monoisotopic (exact) mass is 100 g/mol. The van der Waals surface area contributed by atoms with Gasteiger partial charge in [-0.3, -0.25) is 0 Å². The average Bonchev–Trinajstić information content (AvgIpc) is 2.14. The molecule has 0 aromatic rings. The lowest BCUT2D eigenvalue weighted by Gasteiger charge is -1.88. The standard InChI is InChI=1S/C4H8N2O/c7-6-4-1-2-5-3-4/h4-5H,1-3H2/t4-/m1/s1. The minimum Gasteiger partial charge on any atom is -0.314 e. The fraction of sp³-hybridized carbons (Fsp3) is 1.00. The van der Waals surface area contributed by atoms with Gasteiger partial charge in [0.1, 0.15) is 6.04 Å². The molecular weight excluding hydrogens is 92.1 g/mol. The van der Waals surface area contributed by atoms with Crippen molar-refractivity contribution in [2.45, 2.75) is 12.5 Å². The molecule has 0 amide bonds. The summed E-state index contributed by atoms with van der Waals surface area (Å²) in [6, 6.07) is 0.0556. The highest BCUT2D eigenvalue weighted by atomic mass is 16.3. The Kier molecular flexibility index (Phi) is 1.36. The topological polar surface area (TPSA) is 41.5 Å². The number of nitrogens with one attached hydrogen (secondary N) is 1. The molecule has 0 radical (unpaired) electrons. The second-order valence-electron chi connectivity index (χ2n) is 1.75. The summed E-state index contributed by atoms with van der Waals surface area (Å²) in [7, 11) is 0. The van der Waals surface area contributed by atoms with Gasteiger partial charge in [0, 0.05) is 6.54 Å². The van der Waals surface area contributed by atoms with Gasteiger partial charge in [-0.25, -0.2) is 0 Å². The van der Waals surface area contributed by atoms with Crippen LogP contribution in [-0.4, -0.2) is 19.1 Å². The smallest absolute Gasteiger partial charge is 0.106 e. The molecule has 1 N–H and O–H groups in total. The van der Waals surface area contributed by atoms with Crippen molar-refractivity contribution in [1.82, 2.24) is 5.32 Å². The Hall–Kier alpha value is -0.440. The van der Waals surface area contributed by atoms with Crippen molar-refractivity contribution < 1.29 is 0 Å². The Bertz CT molecular complexity index is 68.1. The van der Waals surface area contributed by atoms with E-state index in [9.17, 15) is 4.91 Å². The van der Waals surface area contributed by atoms with E-state index in [4.69, 9.17) is 0 Å². The lowest BCUT2D eigenvalue weighted by molar-refractivity contribution is 0.738. The van der Waals surface area contributed by atoms with Crippen molar-refractivity contribution in [3.05, 3.63) is 4.91 Å². The van der Waals surface area contributed by atoms with E-state index in [0.29, 0.717) is 0 Å². The molecule has 0 aliphatic carbocycles. The molecule has 0 aromatic carbocycles. The molecule has 0 aromatic heterocycles. The molecule has 7 heavy (non-hydrogen) atoms. The third kappa shape index (κ3) is 0.962. The molecule has 0 spiro atoms. The highest BCUT2D eigenvalue weighted by Gasteiger charge is 2.12. The van der Waals surface area contributed by atoms with Gasteiger partial charge in [-0.15, -0.1) is 0 Å². The highest BCUT2D eigenvalue weighted by molar-refractivity contribution is 4.75. The molecule has 1 saturated heterocycles. The molecule has 0 saturated carbocycles. The molecule has 1 fully saturated rings. The van der Waals surface area contributed by atoms with E-state index in [1.165, 1.54) is 0 Å². The summed E-state index contributed by atoms with van der Waals surface area (Å²) in [5.74, 6) is 0. The molecule has 1 rings (SSSR count). The van der Waals surface area contributed by atoms with Crippen LogP contribution in [0.4, 0.5) is 0 Å². The summed E-state index contributed by atoms with van der Waals surface area (Å²) in [4.78, 5) is 9.72. The first-order valence-electron chi connectivity index (χ1n) is 2.46. The van der Waals surface area contributed by atoms with Gasteiger partial charge >= 0.3 is 0 Å². The van der Waals surface area contributed by atoms with Crippen LogP contribution in [0, 0.1) is 4.91 Å². The minimum atomic E-state index is 0.0556. The van der Waals surface area contributed by atoms with E-state index >= 15 is 0 Å². The highest BCUT2D eigenvalue weighted by Crippen LogP contribution is 1.99. The van der Waals surface area contributed by atoms with E-state index in [-0.39, 0.29) is 6.04 Å². The quantitative estimate of drug-likeness (QED) is 0.475. The first-order chi connectivity index (χ1) is 3.43. The van der Waals surface area contributed by atoms with Crippen molar-refractivity contribution in [1.29, 1.82) is 0 Å². The van der Waals surface area contributed by atoms with Crippen LogP contribution in [0.1, 0.15) is 6.42 Å². The summed E-state index contributed by atoms with van der Waals surface area (Å²) < 4.78 is 0. The molecule has 0 bridgehead atoms. The van der Waals surface area contributed by atoms with E-state index in [2.05, 4.69) is 10.5 Å². The van der Waals surface area contributed by atoms with Crippen molar-refractivity contribution >= 4 is 0 Å². The minimum absolute atomic E-state index is 0.0556. The van der Waals surface area contributed by atoms with Crippen LogP contribution in [0.25, 0.3) is 0 Å². The van der Waals surface area contributed by atoms with Gasteiger partial charge in [-0.2, -0.15) is 4.91 Å². The van der Waals surface area contributed by atoms with E-state index in [1.807, 2.05) is 0 Å². The second-order valence-corrected chi connectivity index (χ2v) is 1.75. The predicted molar refractivity (Wildman–Crippen MR) is 27.1 cm³/mol. The van der Waals surface area contributed by atoms with Crippen LogP contribution in [-0.2, 0) is 0 Å². The zero-order chi connectivity index (χ0) is 5.11. The van der Waals surface area contributed by atoms with Crippen LogP contribution in [0.15, 0.2) is 5.18 Å². The van der Waals surface area contributed by atoms with Crippen LogP contribution in [0.5, 0.6) is 0 Å². The fourth-order valence-electron chi connectivity index (χ4n) is 0.729. The lowest BCUT2D eigenvalue weighted by atomic mass is 10.3. The van der Waals surface area contributed by atoms with Crippen LogP contribution >= 0.6 is 0 Å². The van der Waals surface area contributed by atoms with Gasteiger partial charge in [0.15, 0.2) is 0 Å². The zero-order valence-electron chi connectivity index (χ0n) is 4.05. The molecule has 1 aliphatic heterocycles. The number of nitroso groups, excluding NO2 is 1. The van der Waals surface area contributed by atoms with Crippen LogP contribution < -0.4 is 5.32 Å². The Balaban J connectivity index is 2.26. The summed E-state index contributed by atoms with van der Waals surface area (Å²) in [6.07, 6.45) is 0.920. The number of hydrogen-bond donors (Lipinski definition) is 1. The molecule has 3 nitrogen and oxygen atoms in total. The molecule has 3 heteroatoms. The Morgan fingerprint density at radius 1 is 1.71 bits per heavy atom. The van der Waals surface area contributed by atoms with Crippen molar-refractivity contribution in [2.75, 3.05) is 13.1 Å². The molecule has 40 valence electrons. The van der Waals surface area contributed by atoms with Gasteiger partial charge in [-0.05, 0) is 13.0 Å². The average molecular weight is 100 g/mol. The number of rotatable bonds is 1. The maximum Gasteiger partial charge on any atom is 0.106 e.